The highest BCUT2D eigenvalue weighted by atomic mass is 35.5. The Morgan fingerprint density at radius 3 is 2.57 bits per heavy atom. The van der Waals surface area contributed by atoms with Crippen molar-refractivity contribution in [3.8, 4) is 0 Å². The maximum absolute atomic E-state index is 12.4. The summed E-state index contributed by atoms with van der Waals surface area (Å²) in [7, 11) is 0. The van der Waals surface area contributed by atoms with Gasteiger partial charge >= 0.3 is 0 Å². The van der Waals surface area contributed by atoms with Crippen molar-refractivity contribution in [3.05, 3.63) is 56.2 Å². The van der Waals surface area contributed by atoms with Crippen LogP contribution in [0.15, 0.2) is 35.7 Å². The summed E-state index contributed by atoms with van der Waals surface area (Å²) in [4.78, 5) is 18.1. The van der Waals surface area contributed by atoms with Gasteiger partial charge in [0.15, 0.2) is 0 Å². The van der Waals surface area contributed by atoms with Crippen LogP contribution >= 0.6 is 34.5 Å². The van der Waals surface area contributed by atoms with E-state index in [-0.39, 0.29) is 5.91 Å². The average molecular weight is 369 g/mol. The molecule has 3 rings (SSSR count). The van der Waals surface area contributed by atoms with E-state index in [1.807, 2.05) is 11.0 Å². The molecule has 0 saturated carbocycles. The molecule has 1 aromatic carbocycles. The lowest BCUT2D eigenvalue weighted by atomic mass is 10.1. The molecule has 6 heteroatoms. The fourth-order valence-corrected chi connectivity index (χ4v) is 3.94. The van der Waals surface area contributed by atoms with Crippen LogP contribution in [0.1, 0.15) is 10.4 Å². The van der Waals surface area contributed by atoms with Gasteiger partial charge in [-0.1, -0.05) is 35.3 Å². The topological polar surface area (TPSA) is 23.6 Å². The van der Waals surface area contributed by atoms with Crippen molar-refractivity contribution < 1.29 is 4.79 Å². The molecule has 0 atom stereocenters. The summed E-state index contributed by atoms with van der Waals surface area (Å²) < 4.78 is 0. The molecule has 1 saturated heterocycles. The average Bonchev–Trinajstić information content (AvgIpc) is 3.04. The minimum atomic E-state index is 0.130. The molecule has 3 nitrogen and oxygen atoms in total. The number of piperazine rings is 1. The second kappa shape index (κ2) is 7.67. The van der Waals surface area contributed by atoms with Crippen LogP contribution in [0.2, 0.25) is 10.0 Å². The summed E-state index contributed by atoms with van der Waals surface area (Å²) in [6.45, 7) is 4.35. The van der Waals surface area contributed by atoms with Crippen molar-refractivity contribution in [2.45, 2.75) is 13.0 Å². The molecule has 2 aromatic rings. The van der Waals surface area contributed by atoms with Crippen molar-refractivity contribution in [1.29, 1.82) is 0 Å². The minimum Gasteiger partial charge on any atom is -0.340 e. The largest absolute Gasteiger partial charge is 0.340 e. The van der Waals surface area contributed by atoms with E-state index in [1.54, 1.807) is 23.5 Å². The zero-order chi connectivity index (χ0) is 16.2. The van der Waals surface area contributed by atoms with Gasteiger partial charge in [0.05, 0.1) is 6.42 Å². The molecule has 0 bridgehead atoms. The predicted molar refractivity (Wildman–Crippen MR) is 96.3 cm³/mol. The predicted octanol–water partition coefficient (Wildman–Crippen LogP) is 3.94. The van der Waals surface area contributed by atoms with Gasteiger partial charge in [-0.15, -0.1) is 11.3 Å². The normalized spacial score (nSPS) is 15.8. The summed E-state index contributed by atoms with van der Waals surface area (Å²) in [5.41, 5.74) is 0.835. The van der Waals surface area contributed by atoms with Gasteiger partial charge < -0.3 is 4.90 Å². The maximum atomic E-state index is 12.4. The van der Waals surface area contributed by atoms with E-state index in [4.69, 9.17) is 23.2 Å². The monoisotopic (exact) mass is 368 g/mol. The Hall–Kier alpha value is -1.07. The molecule has 0 N–H and O–H groups in total. The van der Waals surface area contributed by atoms with Crippen molar-refractivity contribution in [2.75, 3.05) is 26.2 Å². The van der Waals surface area contributed by atoms with E-state index in [9.17, 15) is 4.79 Å². The minimum absolute atomic E-state index is 0.130. The SMILES string of the molecule is O=C(Cc1ccc(Cl)cc1Cl)N1CCN(Cc2cccs2)CC1. The highest BCUT2D eigenvalue weighted by Gasteiger charge is 2.22. The molecule has 122 valence electrons. The van der Waals surface area contributed by atoms with Gasteiger partial charge in [-0.05, 0) is 29.1 Å². The summed E-state index contributed by atoms with van der Waals surface area (Å²) >= 11 is 13.8. The first-order chi connectivity index (χ1) is 11.1. The molecule has 1 aliphatic rings. The van der Waals surface area contributed by atoms with Crippen LogP contribution in [0.3, 0.4) is 0 Å². The number of thiophene rings is 1. The molecule has 0 aliphatic carbocycles. The summed E-state index contributed by atoms with van der Waals surface area (Å²) in [6, 6.07) is 9.52. The van der Waals surface area contributed by atoms with E-state index in [1.165, 1.54) is 4.88 Å². The third-order valence-electron chi connectivity index (χ3n) is 4.04. The van der Waals surface area contributed by atoms with Crippen LogP contribution < -0.4 is 0 Å². The van der Waals surface area contributed by atoms with Gasteiger partial charge in [-0.3, -0.25) is 9.69 Å². The van der Waals surface area contributed by atoms with E-state index in [0.717, 1.165) is 38.3 Å². The van der Waals surface area contributed by atoms with Gasteiger partial charge in [0, 0.05) is 47.6 Å². The van der Waals surface area contributed by atoms with Crippen molar-refractivity contribution in [1.82, 2.24) is 9.80 Å². The molecule has 0 radical (unpaired) electrons. The van der Waals surface area contributed by atoms with Gasteiger partial charge in [0.2, 0.25) is 5.91 Å². The number of hydrogen-bond acceptors (Lipinski definition) is 3. The number of hydrogen-bond donors (Lipinski definition) is 0. The van der Waals surface area contributed by atoms with Gasteiger partial charge in [-0.2, -0.15) is 0 Å². The van der Waals surface area contributed by atoms with Gasteiger partial charge in [-0.25, -0.2) is 0 Å². The Bertz CT molecular complexity index is 667. The van der Waals surface area contributed by atoms with Crippen molar-refractivity contribution >= 4 is 40.4 Å². The van der Waals surface area contributed by atoms with Crippen LogP contribution in [0.25, 0.3) is 0 Å². The van der Waals surface area contributed by atoms with E-state index < -0.39 is 0 Å². The first-order valence-electron chi connectivity index (χ1n) is 7.58. The van der Waals surface area contributed by atoms with E-state index in [0.29, 0.717) is 16.5 Å². The first-order valence-corrected chi connectivity index (χ1v) is 9.22. The summed E-state index contributed by atoms with van der Waals surface area (Å²) in [5, 5.41) is 3.25. The number of rotatable bonds is 4. The molecular weight excluding hydrogens is 351 g/mol. The number of amides is 1. The van der Waals surface area contributed by atoms with Crippen molar-refractivity contribution in [3.63, 3.8) is 0 Å². The van der Waals surface area contributed by atoms with Crippen LogP contribution in [0, 0.1) is 0 Å². The highest BCUT2D eigenvalue weighted by Crippen LogP contribution is 2.22. The van der Waals surface area contributed by atoms with Crippen LogP contribution in [0.4, 0.5) is 0 Å². The molecule has 1 aliphatic heterocycles. The lowest BCUT2D eigenvalue weighted by molar-refractivity contribution is -0.132. The fourth-order valence-electron chi connectivity index (χ4n) is 2.72. The fraction of sp³-hybridized carbons (Fsp3) is 0.353. The molecule has 2 heterocycles. The second-order valence-electron chi connectivity index (χ2n) is 5.65. The summed E-state index contributed by atoms with van der Waals surface area (Å²) in [6.07, 6.45) is 0.334. The highest BCUT2D eigenvalue weighted by molar-refractivity contribution is 7.09. The quantitative estimate of drug-likeness (QED) is 0.815. The van der Waals surface area contributed by atoms with E-state index in [2.05, 4.69) is 22.4 Å². The number of carbonyl (C=O) groups is 1. The number of carbonyl (C=O) groups excluding carboxylic acids is 1. The standard InChI is InChI=1S/C17H18Cl2N2OS/c18-14-4-3-13(16(19)11-14)10-17(22)21-7-5-20(6-8-21)12-15-2-1-9-23-15/h1-4,9,11H,5-8,10,12H2. The lowest BCUT2D eigenvalue weighted by Crippen LogP contribution is -2.48. The third-order valence-corrected chi connectivity index (χ3v) is 5.49. The molecular formula is C17H18Cl2N2OS. The Labute approximate surface area is 150 Å². The Morgan fingerprint density at radius 1 is 1.13 bits per heavy atom. The van der Waals surface area contributed by atoms with Crippen LogP contribution in [-0.4, -0.2) is 41.9 Å². The molecule has 0 spiro atoms. The van der Waals surface area contributed by atoms with Gasteiger partial charge in [0.1, 0.15) is 0 Å². The molecule has 1 amide bonds. The third kappa shape index (κ3) is 4.48. The van der Waals surface area contributed by atoms with Crippen molar-refractivity contribution in [2.24, 2.45) is 0 Å². The summed E-state index contributed by atoms with van der Waals surface area (Å²) in [5.74, 6) is 0.130. The second-order valence-corrected chi connectivity index (χ2v) is 7.52. The Kier molecular flexibility index (Phi) is 5.59. The maximum Gasteiger partial charge on any atom is 0.227 e. The zero-order valence-electron chi connectivity index (χ0n) is 12.7. The molecule has 1 fully saturated rings. The Balaban J connectivity index is 1.51. The number of halogens is 2. The number of nitrogens with zero attached hydrogens (tertiary/aromatic N) is 2. The van der Waals surface area contributed by atoms with Crippen LogP contribution in [0.5, 0.6) is 0 Å². The van der Waals surface area contributed by atoms with Gasteiger partial charge in [0.25, 0.3) is 0 Å². The van der Waals surface area contributed by atoms with Crippen LogP contribution in [-0.2, 0) is 17.8 Å². The Morgan fingerprint density at radius 2 is 1.91 bits per heavy atom. The molecule has 23 heavy (non-hydrogen) atoms. The van der Waals surface area contributed by atoms with E-state index >= 15 is 0 Å². The zero-order valence-corrected chi connectivity index (χ0v) is 15.0. The molecule has 0 unspecified atom stereocenters. The first kappa shape index (κ1) is 16.8. The molecule has 1 aromatic heterocycles. The smallest absolute Gasteiger partial charge is 0.227 e. The number of benzene rings is 1. The lowest BCUT2D eigenvalue weighted by Gasteiger charge is -2.34.